The van der Waals surface area contributed by atoms with Gasteiger partial charge in [0.05, 0.1) is 12.4 Å². The molecule has 1 aromatic heterocycles. The number of aryl methyl sites for hydroxylation is 1. The molecule has 0 aromatic carbocycles. The second-order valence-electron chi connectivity index (χ2n) is 6.58. The Morgan fingerprint density at radius 2 is 1.00 bits per heavy atom. The highest BCUT2D eigenvalue weighted by Crippen LogP contribution is 2.12. The lowest BCUT2D eigenvalue weighted by atomic mass is 10.0. The number of hydrogen-bond donors (Lipinski definition) is 0. The Morgan fingerprint density at radius 3 is 1.45 bits per heavy atom. The molecule has 0 unspecified atom stereocenters. The highest BCUT2D eigenvalue weighted by atomic mass is 14.9. The molecule has 0 N–H and O–H groups in total. The summed E-state index contributed by atoms with van der Waals surface area (Å²) < 4.78 is 2.23. The van der Waals surface area contributed by atoms with Gasteiger partial charge in [-0.2, -0.15) is 0 Å². The molecule has 0 saturated heterocycles. The average Bonchev–Trinajstić information content (AvgIpc) is 2.56. The van der Waals surface area contributed by atoms with Crippen LogP contribution in [0, 0.1) is 0 Å². The Bertz CT molecular complexity index is 324. The molecule has 0 amide bonds. The molecular weight excluding hydrogens is 268 g/mol. The molecule has 1 aromatic rings. The lowest BCUT2D eigenvalue weighted by molar-refractivity contribution is -0.697. The molecule has 0 aliphatic rings. The zero-order valence-electron chi connectivity index (χ0n) is 14.8. The molecule has 2 nitrogen and oxygen atoms in total. The Kier molecular flexibility index (Phi) is 13.0. The zero-order chi connectivity index (χ0) is 15.7. The van der Waals surface area contributed by atoms with Crippen LogP contribution in [0.2, 0.25) is 0 Å². The first kappa shape index (κ1) is 19.1. The predicted octanol–water partition coefficient (Wildman–Crippen LogP) is 5.85. The number of hydrogen-bond acceptors (Lipinski definition) is 1. The highest BCUT2D eigenvalue weighted by molar-refractivity contribution is 4.62. The minimum absolute atomic E-state index is 1.14. The Balaban J connectivity index is 1.73. The first-order valence-corrected chi connectivity index (χ1v) is 9.72. The van der Waals surface area contributed by atoms with Gasteiger partial charge in [-0.05, 0) is 6.42 Å². The third kappa shape index (κ3) is 11.7. The van der Waals surface area contributed by atoms with Gasteiger partial charge in [-0.1, -0.05) is 84.0 Å². The van der Waals surface area contributed by atoms with E-state index in [1.54, 1.807) is 0 Å². The standard InChI is InChI=1S/C20H37N2/c1-2-3-4-5-6-7-8-9-10-11-12-13-14-15-18-22-19-16-21-17-20-22/h16-17,19-20H,2-15,18H2,1H3/q+1. The third-order valence-corrected chi connectivity index (χ3v) is 4.46. The van der Waals surface area contributed by atoms with Crippen molar-refractivity contribution >= 4 is 0 Å². The van der Waals surface area contributed by atoms with E-state index in [9.17, 15) is 0 Å². The fourth-order valence-corrected chi connectivity index (χ4v) is 2.99. The van der Waals surface area contributed by atoms with Gasteiger partial charge in [0.25, 0.3) is 0 Å². The third-order valence-electron chi connectivity index (χ3n) is 4.46. The van der Waals surface area contributed by atoms with Crippen LogP contribution in [-0.2, 0) is 6.54 Å². The van der Waals surface area contributed by atoms with Crippen molar-refractivity contribution in [1.29, 1.82) is 0 Å². The highest BCUT2D eigenvalue weighted by Gasteiger charge is 1.98. The Hall–Kier alpha value is -0.920. The molecule has 0 bridgehead atoms. The van der Waals surface area contributed by atoms with Gasteiger partial charge in [0, 0.05) is 6.42 Å². The molecule has 2 heteroatoms. The SMILES string of the molecule is CCCCCCCCCCCCCCCC[n+]1ccncc1. The van der Waals surface area contributed by atoms with Gasteiger partial charge < -0.3 is 0 Å². The fourth-order valence-electron chi connectivity index (χ4n) is 2.99. The smallest absolute Gasteiger partial charge is 0.187 e. The van der Waals surface area contributed by atoms with Crippen LogP contribution in [0.5, 0.6) is 0 Å². The quantitative estimate of drug-likeness (QED) is 0.293. The van der Waals surface area contributed by atoms with Gasteiger partial charge in [-0.25, -0.2) is 4.57 Å². The second kappa shape index (κ2) is 15.0. The number of aromatic nitrogens is 2. The molecule has 1 rings (SSSR count). The van der Waals surface area contributed by atoms with Crippen LogP contribution in [0.15, 0.2) is 24.8 Å². The van der Waals surface area contributed by atoms with E-state index in [1.807, 2.05) is 12.4 Å². The molecule has 0 atom stereocenters. The molecule has 0 aliphatic carbocycles. The van der Waals surface area contributed by atoms with Crippen molar-refractivity contribution in [1.82, 2.24) is 4.98 Å². The molecular formula is C20H37N2+. The minimum Gasteiger partial charge on any atom is -0.252 e. The van der Waals surface area contributed by atoms with Gasteiger partial charge in [0.2, 0.25) is 0 Å². The van der Waals surface area contributed by atoms with E-state index in [0.29, 0.717) is 0 Å². The van der Waals surface area contributed by atoms with Gasteiger partial charge in [0.15, 0.2) is 12.4 Å². The molecule has 0 aliphatic heterocycles. The van der Waals surface area contributed by atoms with Crippen LogP contribution in [0.3, 0.4) is 0 Å². The molecule has 0 spiro atoms. The van der Waals surface area contributed by atoms with Gasteiger partial charge in [-0.3, -0.25) is 4.98 Å². The zero-order valence-corrected chi connectivity index (χ0v) is 14.8. The van der Waals surface area contributed by atoms with E-state index in [1.165, 1.54) is 89.9 Å². The first-order valence-electron chi connectivity index (χ1n) is 9.72. The molecule has 0 fully saturated rings. The topological polar surface area (TPSA) is 16.8 Å². The van der Waals surface area contributed by atoms with Crippen LogP contribution in [0.1, 0.15) is 96.8 Å². The maximum absolute atomic E-state index is 4.04. The molecule has 22 heavy (non-hydrogen) atoms. The maximum Gasteiger partial charge on any atom is 0.187 e. The molecule has 0 radical (unpaired) electrons. The Morgan fingerprint density at radius 1 is 0.591 bits per heavy atom. The van der Waals surface area contributed by atoms with E-state index in [0.717, 1.165) is 6.54 Å². The monoisotopic (exact) mass is 305 g/mol. The normalized spacial score (nSPS) is 11.0. The summed E-state index contributed by atoms with van der Waals surface area (Å²) in [6.07, 6.45) is 27.8. The van der Waals surface area contributed by atoms with Gasteiger partial charge in [0.1, 0.15) is 6.54 Å². The van der Waals surface area contributed by atoms with Gasteiger partial charge >= 0.3 is 0 Å². The lowest BCUT2D eigenvalue weighted by Gasteiger charge is -2.02. The predicted molar refractivity (Wildman–Crippen MR) is 94.7 cm³/mol. The fraction of sp³-hybridized carbons (Fsp3) is 0.800. The van der Waals surface area contributed by atoms with Crippen LogP contribution < -0.4 is 4.57 Å². The largest absolute Gasteiger partial charge is 0.252 e. The summed E-state index contributed by atoms with van der Waals surface area (Å²) in [6.45, 7) is 3.43. The minimum atomic E-state index is 1.14. The van der Waals surface area contributed by atoms with Crippen LogP contribution in [0.4, 0.5) is 0 Å². The summed E-state index contributed by atoms with van der Waals surface area (Å²) in [4.78, 5) is 4.04. The second-order valence-corrected chi connectivity index (χ2v) is 6.58. The molecule has 126 valence electrons. The average molecular weight is 306 g/mol. The van der Waals surface area contributed by atoms with E-state index in [-0.39, 0.29) is 0 Å². The molecule has 1 heterocycles. The van der Waals surface area contributed by atoms with Gasteiger partial charge in [-0.15, -0.1) is 0 Å². The molecule has 0 saturated carbocycles. The van der Waals surface area contributed by atoms with E-state index < -0.39 is 0 Å². The van der Waals surface area contributed by atoms with Crippen molar-refractivity contribution in [3.63, 3.8) is 0 Å². The summed E-state index contributed by atoms with van der Waals surface area (Å²) in [5, 5.41) is 0. The van der Waals surface area contributed by atoms with Crippen molar-refractivity contribution in [3.05, 3.63) is 24.8 Å². The summed E-state index contributed by atoms with van der Waals surface area (Å²) >= 11 is 0. The van der Waals surface area contributed by atoms with Crippen LogP contribution in [-0.4, -0.2) is 4.98 Å². The summed E-state index contributed by atoms with van der Waals surface area (Å²) in [6, 6.07) is 0. The van der Waals surface area contributed by atoms with Crippen molar-refractivity contribution in [3.8, 4) is 0 Å². The van der Waals surface area contributed by atoms with E-state index >= 15 is 0 Å². The van der Waals surface area contributed by atoms with Crippen molar-refractivity contribution in [2.24, 2.45) is 0 Å². The summed E-state index contributed by atoms with van der Waals surface area (Å²) in [7, 11) is 0. The van der Waals surface area contributed by atoms with Crippen molar-refractivity contribution in [2.45, 2.75) is 103 Å². The number of unbranched alkanes of at least 4 members (excludes halogenated alkanes) is 13. The van der Waals surface area contributed by atoms with E-state index in [2.05, 4.69) is 28.9 Å². The Labute approximate surface area is 138 Å². The van der Waals surface area contributed by atoms with Crippen molar-refractivity contribution < 1.29 is 4.57 Å². The van der Waals surface area contributed by atoms with Crippen LogP contribution in [0.25, 0.3) is 0 Å². The maximum atomic E-state index is 4.04. The number of nitrogens with zero attached hydrogens (tertiary/aromatic N) is 2. The summed E-state index contributed by atoms with van der Waals surface area (Å²) in [5.41, 5.74) is 0. The van der Waals surface area contributed by atoms with E-state index in [4.69, 9.17) is 0 Å². The first-order chi connectivity index (χ1) is 10.9. The lowest BCUT2D eigenvalue weighted by Crippen LogP contribution is -2.32. The van der Waals surface area contributed by atoms with Crippen LogP contribution >= 0.6 is 0 Å². The summed E-state index contributed by atoms with van der Waals surface area (Å²) in [5.74, 6) is 0. The number of rotatable bonds is 15. The van der Waals surface area contributed by atoms with Crippen molar-refractivity contribution in [2.75, 3.05) is 0 Å².